The standard InChI is InChI=1S/C20H24ClN5OS/c1-15-19(28-20(23-15)22-14-16-3-2-4-17(21)13-16)18-5-6-26(24-18)8-7-25-9-11-27-12-10-25/h2-6,13H,7-12,14H2,1H3,(H,22,23). The third-order valence-electron chi connectivity index (χ3n) is 4.75. The van der Waals surface area contributed by atoms with Crippen LogP contribution in [0.2, 0.25) is 5.02 Å². The van der Waals surface area contributed by atoms with Gasteiger partial charge in [-0.3, -0.25) is 9.58 Å². The van der Waals surface area contributed by atoms with Gasteiger partial charge in [-0.2, -0.15) is 5.10 Å². The maximum absolute atomic E-state index is 6.05. The Hall–Kier alpha value is -1.93. The van der Waals surface area contributed by atoms with Gasteiger partial charge in [-0.15, -0.1) is 0 Å². The Morgan fingerprint density at radius 1 is 1.21 bits per heavy atom. The molecule has 148 valence electrons. The van der Waals surface area contributed by atoms with Crippen molar-refractivity contribution in [2.24, 2.45) is 0 Å². The molecule has 28 heavy (non-hydrogen) atoms. The Morgan fingerprint density at radius 2 is 2.07 bits per heavy atom. The molecule has 1 aromatic carbocycles. The Kier molecular flexibility index (Phi) is 6.26. The highest BCUT2D eigenvalue weighted by atomic mass is 35.5. The van der Waals surface area contributed by atoms with E-state index in [-0.39, 0.29) is 0 Å². The van der Waals surface area contributed by atoms with Crippen LogP contribution in [0.3, 0.4) is 0 Å². The molecule has 6 nitrogen and oxygen atoms in total. The molecule has 1 saturated heterocycles. The summed E-state index contributed by atoms with van der Waals surface area (Å²) in [5.74, 6) is 0. The highest BCUT2D eigenvalue weighted by molar-refractivity contribution is 7.19. The summed E-state index contributed by atoms with van der Waals surface area (Å²) in [5, 5.41) is 9.79. The van der Waals surface area contributed by atoms with E-state index in [1.165, 1.54) is 0 Å². The third kappa shape index (κ3) is 4.91. The minimum atomic E-state index is 0.695. The molecule has 1 N–H and O–H groups in total. The quantitative estimate of drug-likeness (QED) is 0.631. The number of ether oxygens (including phenoxy) is 1. The lowest BCUT2D eigenvalue weighted by Crippen LogP contribution is -2.38. The van der Waals surface area contributed by atoms with Crippen molar-refractivity contribution < 1.29 is 4.74 Å². The van der Waals surface area contributed by atoms with Crippen LogP contribution in [0.5, 0.6) is 0 Å². The Morgan fingerprint density at radius 3 is 2.89 bits per heavy atom. The monoisotopic (exact) mass is 417 g/mol. The van der Waals surface area contributed by atoms with Gasteiger partial charge in [-0.1, -0.05) is 35.1 Å². The molecule has 3 heterocycles. The van der Waals surface area contributed by atoms with Gasteiger partial charge in [-0.05, 0) is 30.7 Å². The fourth-order valence-corrected chi connectivity index (χ4v) is 4.35. The van der Waals surface area contributed by atoms with E-state index < -0.39 is 0 Å². The molecule has 3 aromatic rings. The van der Waals surface area contributed by atoms with Gasteiger partial charge < -0.3 is 10.1 Å². The molecule has 1 aliphatic heterocycles. The number of aromatic nitrogens is 3. The summed E-state index contributed by atoms with van der Waals surface area (Å²) in [7, 11) is 0. The molecule has 0 atom stereocenters. The van der Waals surface area contributed by atoms with Crippen LogP contribution in [0.4, 0.5) is 5.13 Å². The minimum absolute atomic E-state index is 0.695. The van der Waals surface area contributed by atoms with E-state index in [1.54, 1.807) is 11.3 Å². The maximum atomic E-state index is 6.05. The Bertz CT molecular complexity index is 919. The number of aryl methyl sites for hydroxylation is 1. The van der Waals surface area contributed by atoms with Gasteiger partial charge in [0.25, 0.3) is 0 Å². The summed E-state index contributed by atoms with van der Waals surface area (Å²) < 4.78 is 7.42. The third-order valence-corrected chi connectivity index (χ3v) is 6.12. The van der Waals surface area contributed by atoms with Crippen LogP contribution < -0.4 is 5.32 Å². The number of thiazole rings is 1. The predicted octanol–water partition coefficient (Wildman–Crippen LogP) is 3.91. The SMILES string of the molecule is Cc1nc(NCc2cccc(Cl)c2)sc1-c1ccn(CCN2CCOCC2)n1. The summed E-state index contributed by atoms with van der Waals surface area (Å²) in [5.41, 5.74) is 3.11. The highest BCUT2D eigenvalue weighted by Gasteiger charge is 2.14. The summed E-state index contributed by atoms with van der Waals surface area (Å²) >= 11 is 7.69. The summed E-state index contributed by atoms with van der Waals surface area (Å²) in [4.78, 5) is 8.18. The molecule has 1 aliphatic rings. The lowest BCUT2D eigenvalue weighted by molar-refractivity contribution is 0.0360. The van der Waals surface area contributed by atoms with E-state index in [4.69, 9.17) is 21.4 Å². The van der Waals surface area contributed by atoms with Gasteiger partial charge in [0.1, 0.15) is 5.69 Å². The molecular formula is C20H24ClN5OS. The molecule has 8 heteroatoms. The number of nitrogens with one attached hydrogen (secondary N) is 1. The molecule has 0 radical (unpaired) electrons. The number of hydrogen-bond acceptors (Lipinski definition) is 6. The second-order valence-electron chi connectivity index (χ2n) is 6.84. The fraction of sp³-hybridized carbons (Fsp3) is 0.400. The van der Waals surface area contributed by atoms with Gasteiger partial charge in [0.2, 0.25) is 0 Å². The number of halogens is 1. The summed E-state index contributed by atoms with van der Waals surface area (Å²) in [6.45, 7) is 8.28. The number of morpholine rings is 1. The molecule has 0 saturated carbocycles. The normalized spacial score (nSPS) is 15.1. The van der Waals surface area contributed by atoms with Crippen molar-refractivity contribution in [1.29, 1.82) is 0 Å². The van der Waals surface area contributed by atoms with E-state index >= 15 is 0 Å². The van der Waals surface area contributed by atoms with Crippen molar-refractivity contribution in [2.45, 2.75) is 20.0 Å². The zero-order valence-corrected chi connectivity index (χ0v) is 17.5. The van der Waals surface area contributed by atoms with Crippen molar-refractivity contribution in [1.82, 2.24) is 19.7 Å². The van der Waals surface area contributed by atoms with Crippen molar-refractivity contribution in [3.8, 4) is 10.6 Å². The van der Waals surface area contributed by atoms with E-state index in [9.17, 15) is 0 Å². The molecule has 0 aliphatic carbocycles. The Labute approximate surface area is 174 Å². The largest absolute Gasteiger partial charge is 0.379 e. The lowest BCUT2D eigenvalue weighted by Gasteiger charge is -2.26. The zero-order valence-electron chi connectivity index (χ0n) is 15.9. The Balaban J connectivity index is 1.37. The first-order valence-electron chi connectivity index (χ1n) is 9.47. The van der Waals surface area contributed by atoms with Crippen LogP contribution in [0.25, 0.3) is 10.6 Å². The van der Waals surface area contributed by atoms with Crippen molar-refractivity contribution in [3.05, 3.63) is 52.8 Å². The van der Waals surface area contributed by atoms with E-state index in [2.05, 4.69) is 27.3 Å². The second-order valence-corrected chi connectivity index (χ2v) is 8.27. The van der Waals surface area contributed by atoms with Crippen LogP contribution >= 0.6 is 22.9 Å². The lowest BCUT2D eigenvalue weighted by atomic mass is 10.2. The number of anilines is 1. The molecule has 0 bridgehead atoms. The predicted molar refractivity (Wildman–Crippen MR) is 114 cm³/mol. The molecule has 1 fully saturated rings. The number of nitrogens with zero attached hydrogens (tertiary/aromatic N) is 4. The van der Waals surface area contributed by atoms with Crippen LogP contribution in [-0.4, -0.2) is 52.5 Å². The van der Waals surface area contributed by atoms with Crippen molar-refractivity contribution in [3.63, 3.8) is 0 Å². The van der Waals surface area contributed by atoms with E-state index in [0.29, 0.717) is 6.54 Å². The molecule has 4 rings (SSSR count). The molecule has 0 unspecified atom stereocenters. The maximum Gasteiger partial charge on any atom is 0.183 e. The number of hydrogen-bond donors (Lipinski definition) is 1. The second kappa shape index (κ2) is 9.05. The van der Waals surface area contributed by atoms with Gasteiger partial charge in [-0.25, -0.2) is 4.98 Å². The fourth-order valence-electron chi connectivity index (χ4n) is 3.21. The van der Waals surface area contributed by atoms with Crippen molar-refractivity contribution >= 4 is 28.1 Å². The van der Waals surface area contributed by atoms with Crippen LogP contribution in [0.1, 0.15) is 11.3 Å². The summed E-state index contributed by atoms with van der Waals surface area (Å²) in [6, 6.07) is 9.93. The highest BCUT2D eigenvalue weighted by Crippen LogP contribution is 2.31. The first-order chi connectivity index (χ1) is 13.7. The van der Waals surface area contributed by atoms with Crippen LogP contribution in [0.15, 0.2) is 36.5 Å². The minimum Gasteiger partial charge on any atom is -0.379 e. The van der Waals surface area contributed by atoms with Gasteiger partial charge in [0, 0.05) is 37.4 Å². The van der Waals surface area contributed by atoms with Crippen LogP contribution in [-0.2, 0) is 17.8 Å². The zero-order chi connectivity index (χ0) is 19.3. The smallest absolute Gasteiger partial charge is 0.183 e. The molecular weight excluding hydrogens is 394 g/mol. The van der Waals surface area contributed by atoms with E-state index in [0.717, 1.165) is 71.4 Å². The van der Waals surface area contributed by atoms with Crippen molar-refractivity contribution in [2.75, 3.05) is 38.2 Å². The molecule has 0 spiro atoms. The average Bonchev–Trinajstić information content (AvgIpc) is 3.32. The number of benzene rings is 1. The first kappa shape index (κ1) is 19.4. The van der Waals surface area contributed by atoms with Gasteiger partial charge in [0.05, 0.1) is 30.3 Å². The molecule has 0 amide bonds. The van der Waals surface area contributed by atoms with Crippen LogP contribution in [0, 0.1) is 6.92 Å². The summed E-state index contributed by atoms with van der Waals surface area (Å²) in [6.07, 6.45) is 2.05. The number of rotatable bonds is 7. The molecule has 2 aromatic heterocycles. The van der Waals surface area contributed by atoms with Gasteiger partial charge >= 0.3 is 0 Å². The van der Waals surface area contributed by atoms with E-state index in [1.807, 2.05) is 36.0 Å². The average molecular weight is 418 g/mol. The first-order valence-corrected chi connectivity index (χ1v) is 10.7. The topological polar surface area (TPSA) is 55.2 Å². The van der Waals surface area contributed by atoms with Gasteiger partial charge in [0.15, 0.2) is 5.13 Å².